The number of hydrogen-bond acceptors (Lipinski definition) is 5. The minimum atomic E-state index is -3.56. The van der Waals surface area contributed by atoms with Crippen molar-refractivity contribution in [2.45, 2.75) is 18.2 Å². The van der Waals surface area contributed by atoms with Crippen molar-refractivity contribution in [2.24, 2.45) is 0 Å². The van der Waals surface area contributed by atoms with Gasteiger partial charge in [-0.1, -0.05) is 36.4 Å². The lowest BCUT2D eigenvalue weighted by molar-refractivity contribution is -0.137. The maximum absolute atomic E-state index is 12.6. The summed E-state index contributed by atoms with van der Waals surface area (Å²) in [5.41, 5.74) is 3.48. The number of ether oxygens (including phenoxy) is 1. The van der Waals surface area contributed by atoms with Crippen LogP contribution in [-0.2, 0) is 25.8 Å². The van der Waals surface area contributed by atoms with Gasteiger partial charge < -0.3 is 4.74 Å². The molecule has 0 aliphatic carbocycles. The third-order valence-electron chi connectivity index (χ3n) is 4.38. The first-order valence-corrected chi connectivity index (χ1v) is 11.4. The number of esters is 1. The van der Waals surface area contributed by atoms with Gasteiger partial charge in [0.1, 0.15) is 0 Å². The van der Waals surface area contributed by atoms with Crippen LogP contribution in [0.2, 0.25) is 0 Å². The molecule has 1 aromatic heterocycles. The molecule has 0 unspecified atom stereocenters. The predicted molar refractivity (Wildman–Crippen MR) is 122 cm³/mol. The molecule has 0 N–H and O–H groups in total. The smallest absolute Gasteiger partial charge is 0.330 e. The van der Waals surface area contributed by atoms with E-state index >= 15 is 0 Å². The number of carbonyl (C=O) groups is 1. The molecule has 0 saturated carbocycles. The zero-order chi connectivity index (χ0) is 22.1. The molecule has 0 fully saturated rings. The van der Waals surface area contributed by atoms with Crippen LogP contribution in [0.4, 0.5) is 0 Å². The molecule has 0 aliphatic heterocycles. The molecular formula is C25H23NO4S. The molecule has 0 amide bonds. The summed E-state index contributed by atoms with van der Waals surface area (Å²) in [5.74, 6) is -0.427. The van der Waals surface area contributed by atoms with Crippen LogP contribution in [0.3, 0.4) is 0 Å². The van der Waals surface area contributed by atoms with Crippen molar-refractivity contribution in [1.82, 2.24) is 4.98 Å². The number of carbonyl (C=O) groups excluding carboxylic acids is 1. The highest BCUT2D eigenvalue weighted by Gasteiger charge is 2.09. The number of aromatic nitrogens is 1. The monoisotopic (exact) mass is 433 g/mol. The number of rotatable bonds is 8. The molecule has 0 aliphatic rings. The first-order valence-electron chi connectivity index (χ1n) is 9.82. The largest absolute Gasteiger partial charge is 0.463 e. The number of nitrogens with zero attached hydrogens (tertiary/aromatic N) is 1. The summed E-state index contributed by atoms with van der Waals surface area (Å²) in [4.78, 5) is 16.1. The summed E-state index contributed by atoms with van der Waals surface area (Å²) in [6.07, 6.45) is 8.72. The van der Waals surface area contributed by atoms with Crippen molar-refractivity contribution in [3.8, 4) is 0 Å². The van der Waals surface area contributed by atoms with Crippen LogP contribution in [0.15, 0.2) is 89.4 Å². The first kappa shape index (κ1) is 22.2. The lowest BCUT2D eigenvalue weighted by Gasteiger charge is -2.06. The quantitative estimate of drug-likeness (QED) is 0.380. The van der Waals surface area contributed by atoms with Gasteiger partial charge in [0.2, 0.25) is 0 Å². The Bertz CT molecular complexity index is 1180. The lowest BCUT2D eigenvalue weighted by Crippen LogP contribution is -1.99. The fraction of sp³-hybridized carbons (Fsp3) is 0.120. The molecule has 5 nitrogen and oxygen atoms in total. The van der Waals surface area contributed by atoms with E-state index in [0.29, 0.717) is 18.6 Å². The Labute approximate surface area is 182 Å². The van der Waals surface area contributed by atoms with E-state index in [1.54, 1.807) is 61.8 Å². The molecule has 0 spiro atoms. The molecule has 0 saturated heterocycles. The molecule has 2 aromatic carbocycles. The first-order chi connectivity index (χ1) is 15.0. The van der Waals surface area contributed by atoms with Gasteiger partial charge >= 0.3 is 5.97 Å². The minimum Gasteiger partial charge on any atom is -0.463 e. The Morgan fingerprint density at radius 2 is 1.71 bits per heavy atom. The highest BCUT2D eigenvalue weighted by Crippen LogP contribution is 2.19. The van der Waals surface area contributed by atoms with Crippen molar-refractivity contribution in [2.75, 3.05) is 6.61 Å². The van der Waals surface area contributed by atoms with Crippen LogP contribution in [-0.4, -0.2) is 26.0 Å². The zero-order valence-corrected chi connectivity index (χ0v) is 18.0. The number of sulfone groups is 1. The SMILES string of the molecule is CCOC(=O)/C=C/c1cc(C=CS(=O)(=O)c2ccccc2)cc(Cc2cccnc2)c1. The zero-order valence-electron chi connectivity index (χ0n) is 17.1. The Morgan fingerprint density at radius 1 is 0.968 bits per heavy atom. The number of hydrogen-bond donors (Lipinski definition) is 0. The Hall–Kier alpha value is -3.51. The van der Waals surface area contributed by atoms with E-state index < -0.39 is 15.8 Å². The van der Waals surface area contributed by atoms with E-state index in [-0.39, 0.29) is 4.90 Å². The van der Waals surface area contributed by atoms with Crippen LogP contribution in [0, 0.1) is 0 Å². The second-order valence-electron chi connectivity index (χ2n) is 6.79. The Balaban J connectivity index is 1.93. The fourth-order valence-corrected chi connectivity index (χ4v) is 4.02. The summed E-state index contributed by atoms with van der Waals surface area (Å²) >= 11 is 0. The van der Waals surface area contributed by atoms with Crippen molar-refractivity contribution in [3.63, 3.8) is 0 Å². The summed E-state index contributed by atoms with van der Waals surface area (Å²) in [5, 5.41) is 1.20. The number of pyridine rings is 1. The van der Waals surface area contributed by atoms with E-state index in [4.69, 9.17) is 4.74 Å². The van der Waals surface area contributed by atoms with Gasteiger partial charge in [-0.05, 0) is 72.0 Å². The maximum atomic E-state index is 12.6. The van der Waals surface area contributed by atoms with Gasteiger partial charge in [-0.3, -0.25) is 4.98 Å². The van der Waals surface area contributed by atoms with Crippen LogP contribution in [0.5, 0.6) is 0 Å². The molecule has 31 heavy (non-hydrogen) atoms. The standard InChI is InChI=1S/C25H23NO4S/c1-2-30-25(27)11-10-20-15-21(12-14-31(28,29)24-8-4-3-5-9-24)17-23(16-20)18-22-7-6-13-26-19-22/h3-17,19H,2,18H2,1H3/b11-10+,14-12?. The van der Waals surface area contributed by atoms with Crippen molar-refractivity contribution < 1.29 is 17.9 Å². The van der Waals surface area contributed by atoms with Crippen molar-refractivity contribution in [1.29, 1.82) is 0 Å². The van der Waals surface area contributed by atoms with Crippen LogP contribution >= 0.6 is 0 Å². The highest BCUT2D eigenvalue weighted by atomic mass is 32.2. The third kappa shape index (κ3) is 6.76. The third-order valence-corrected chi connectivity index (χ3v) is 5.80. The molecule has 0 bridgehead atoms. The van der Waals surface area contributed by atoms with Gasteiger partial charge in [0, 0.05) is 23.9 Å². The maximum Gasteiger partial charge on any atom is 0.330 e. The van der Waals surface area contributed by atoms with Crippen LogP contribution in [0.1, 0.15) is 29.2 Å². The predicted octanol–water partition coefficient (Wildman–Crippen LogP) is 4.69. The Kier molecular flexibility index (Phi) is 7.51. The molecular weight excluding hydrogens is 410 g/mol. The minimum absolute atomic E-state index is 0.236. The van der Waals surface area contributed by atoms with Crippen LogP contribution in [0.25, 0.3) is 12.2 Å². The normalized spacial score (nSPS) is 11.8. The van der Waals surface area contributed by atoms with Gasteiger partial charge in [0.05, 0.1) is 11.5 Å². The molecule has 3 aromatic rings. The average Bonchev–Trinajstić information content (AvgIpc) is 2.78. The van der Waals surface area contributed by atoms with E-state index in [2.05, 4.69) is 4.98 Å². The summed E-state index contributed by atoms with van der Waals surface area (Å²) in [6, 6.07) is 17.8. The molecule has 0 radical (unpaired) electrons. The second kappa shape index (κ2) is 10.5. The Morgan fingerprint density at radius 3 is 2.39 bits per heavy atom. The fourth-order valence-electron chi connectivity index (χ4n) is 2.99. The van der Waals surface area contributed by atoms with E-state index in [1.807, 2.05) is 30.3 Å². The van der Waals surface area contributed by atoms with Crippen molar-refractivity contribution >= 4 is 28.0 Å². The molecule has 0 atom stereocenters. The van der Waals surface area contributed by atoms with Gasteiger partial charge in [0.15, 0.2) is 9.84 Å². The van der Waals surface area contributed by atoms with Gasteiger partial charge in [-0.2, -0.15) is 0 Å². The van der Waals surface area contributed by atoms with E-state index in [0.717, 1.165) is 16.7 Å². The van der Waals surface area contributed by atoms with Crippen molar-refractivity contribution in [3.05, 3.63) is 107 Å². The molecule has 1 heterocycles. The van der Waals surface area contributed by atoms with Gasteiger partial charge in [-0.15, -0.1) is 0 Å². The van der Waals surface area contributed by atoms with Gasteiger partial charge in [0.25, 0.3) is 0 Å². The second-order valence-corrected chi connectivity index (χ2v) is 8.63. The van der Waals surface area contributed by atoms with E-state index in [1.165, 1.54) is 11.5 Å². The van der Waals surface area contributed by atoms with Crippen LogP contribution < -0.4 is 0 Å². The average molecular weight is 434 g/mol. The van der Waals surface area contributed by atoms with Gasteiger partial charge in [-0.25, -0.2) is 13.2 Å². The lowest BCUT2D eigenvalue weighted by atomic mass is 10.0. The van der Waals surface area contributed by atoms with E-state index in [9.17, 15) is 13.2 Å². The summed E-state index contributed by atoms with van der Waals surface area (Å²) in [6.45, 7) is 2.05. The summed E-state index contributed by atoms with van der Waals surface area (Å²) in [7, 11) is -3.56. The topological polar surface area (TPSA) is 73.3 Å². The number of benzene rings is 2. The summed E-state index contributed by atoms with van der Waals surface area (Å²) < 4.78 is 30.1. The molecule has 6 heteroatoms. The molecule has 158 valence electrons. The highest BCUT2D eigenvalue weighted by molar-refractivity contribution is 7.94. The molecule has 3 rings (SSSR count).